The molecule has 0 aliphatic carbocycles. The lowest BCUT2D eigenvalue weighted by Gasteiger charge is -2.33. The van der Waals surface area contributed by atoms with Crippen molar-refractivity contribution in [1.82, 2.24) is 15.5 Å². The number of nitrogens with zero attached hydrogens (tertiary/aromatic N) is 1. The van der Waals surface area contributed by atoms with Crippen LogP contribution in [0, 0.1) is 0 Å². The number of hydrogen-bond donors (Lipinski definition) is 2. The summed E-state index contributed by atoms with van der Waals surface area (Å²) in [4.78, 5) is 26.0. The van der Waals surface area contributed by atoms with E-state index in [0.717, 1.165) is 37.1 Å². The van der Waals surface area contributed by atoms with Crippen LogP contribution in [0.5, 0.6) is 0 Å². The van der Waals surface area contributed by atoms with Crippen LogP contribution in [0.15, 0.2) is 30.5 Å². The SMILES string of the molecule is CC(=O)N1C=Cc2ccccc2C1CC(=O)NC1CCNCC1.Cl. The minimum absolute atomic E-state index is 0. The van der Waals surface area contributed by atoms with Crippen molar-refractivity contribution in [3.63, 3.8) is 0 Å². The van der Waals surface area contributed by atoms with Crippen LogP contribution in [0.4, 0.5) is 0 Å². The Morgan fingerprint density at radius 3 is 2.67 bits per heavy atom. The molecule has 130 valence electrons. The molecule has 24 heavy (non-hydrogen) atoms. The van der Waals surface area contributed by atoms with Crippen molar-refractivity contribution >= 4 is 30.3 Å². The van der Waals surface area contributed by atoms with Gasteiger partial charge in [0.1, 0.15) is 0 Å². The quantitative estimate of drug-likeness (QED) is 0.879. The molecule has 2 heterocycles. The number of nitrogens with one attached hydrogen (secondary N) is 2. The summed E-state index contributed by atoms with van der Waals surface area (Å²) in [6.45, 7) is 3.43. The van der Waals surface area contributed by atoms with E-state index in [0.29, 0.717) is 6.42 Å². The van der Waals surface area contributed by atoms with Crippen molar-refractivity contribution in [2.75, 3.05) is 13.1 Å². The maximum atomic E-state index is 12.5. The maximum Gasteiger partial charge on any atom is 0.223 e. The molecule has 1 aromatic rings. The maximum absolute atomic E-state index is 12.5. The number of benzene rings is 1. The van der Waals surface area contributed by atoms with E-state index < -0.39 is 0 Å². The predicted molar refractivity (Wildman–Crippen MR) is 96.6 cm³/mol. The van der Waals surface area contributed by atoms with Gasteiger partial charge in [-0.2, -0.15) is 0 Å². The van der Waals surface area contributed by atoms with Crippen LogP contribution in [0.2, 0.25) is 0 Å². The zero-order valence-electron chi connectivity index (χ0n) is 13.8. The molecule has 1 aromatic carbocycles. The fourth-order valence-corrected chi connectivity index (χ4v) is 3.34. The average molecular weight is 350 g/mol. The Morgan fingerprint density at radius 2 is 1.96 bits per heavy atom. The van der Waals surface area contributed by atoms with Crippen LogP contribution in [-0.2, 0) is 9.59 Å². The second kappa shape index (κ2) is 8.31. The number of halogens is 1. The molecular formula is C18H24ClN3O2. The zero-order valence-corrected chi connectivity index (χ0v) is 14.6. The van der Waals surface area contributed by atoms with E-state index in [4.69, 9.17) is 0 Å². The van der Waals surface area contributed by atoms with Gasteiger partial charge in [-0.1, -0.05) is 24.3 Å². The van der Waals surface area contributed by atoms with Gasteiger partial charge in [0.15, 0.2) is 0 Å². The van der Waals surface area contributed by atoms with Gasteiger partial charge in [-0.05, 0) is 43.1 Å². The van der Waals surface area contributed by atoms with Crippen LogP contribution in [0.1, 0.15) is 43.4 Å². The lowest BCUT2D eigenvalue weighted by Crippen LogP contribution is -2.44. The highest BCUT2D eigenvalue weighted by Crippen LogP contribution is 2.32. The van der Waals surface area contributed by atoms with Crippen molar-refractivity contribution in [2.24, 2.45) is 0 Å². The van der Waals surface area contributed by atoms with E-state index in [1.165, 1.54) is 6.92 Å². The van der Waals surface area contributed by atoms with E-state index in [2.05, 4.69) is 10.6 Å². The summed E-state index contributed by atoms with van der Waals surface area (Å²) >= 11 is 0. The number of fused-ring (bicyclic) bond motifs is 1. The summed E-state index contributed by atoms with van der Waals surface area (Å²) in [5.74, 6) is -0.0336. The first-order valence-electron chi connectivity index (χ1n) is 8.21. The summed E-state index contributed by atoms with van der Waals surface area (Å²) in [7, 11) is 0. The van der Waals surface area contributed by atoms with Gasteiger partial charge in [0, 0.05) is 19.2 Å². The molecule has 1 fully saturated rings. The molecule has 2 N–H and O–H groups in total. The Bertz CT molecular complexity index is 626. The molecule has 0 saturated carbocycles. The Balaban J connectivity index is 0.00000208. The molecule has 2 amide bonds. The number of carbonyl (C=O) groups is 2. The Labute approximate surface area is 148 Å². The van der Waals surface area contributed by atoms with Crippen molar-refractivity contribution in [3.8, 4) is 0 Å². The number of amides is 2. The highest BCUT2D eigenvalue weighted by Gasteiger charge is 2.28. The highest BCUT2D eigenvalue weighted by atomic mass is 35.5. The van der Waals surface area contributed by atoms with E-state index in [1.807, 2.05) is 30.3 Å². The number of carbonyl (C=O) groups excluding carboxylic acids is 2. The van der Waals surface area contributed by atoms with Gasteiger partial charge >= 0.3 is 0 Å². The van der Waals surface area contributed by atoms with Crippen molar-refractivity contribution in [1.29, 1.82) is 0 Å². The van der Waals surface area contributed by atoms with Gasteiger partial charge in [-0.15, -0.1) is 12.4 Å². The van der Waals surface area contributed by atoms with Gasteiger partial charge in [0.05, 0.1) is 12.5 Å². The van der Waals surface area contributed by atoms with Gasteiger partial charge in [-0.3, -0.25) is 9.59 Å². The van der Waals surface area contributed by atoms with Crippen LogP contribution in [0.3, 0.4) is 0 Å². The molecule has 1 atom stereocenters. The predicted octanol–water partition coefficient (Wildman–Crippen LogP) is 2.24. The molecule has 1 unspecified atom stereocenters. The second-order valence-corrected chi connectivity index (χ2v) is 6.18. The average Bonchev–Trinajstić information content (AvgIpc) is 2.55. The topological polar surface area (TPSA) is 61.4 Å². The van der Waals surface area contributed by atoms with Crippen molar-refractivity contribution < 1.29 is 9.59 Å². The fraction of sp³-hybridized carbons (Fsp3) is 0.444. The van der Waals surface area contributed by atoms with Gasteiger partial charge in [0.2, 0.25) is 11.8 Å². The monoisotopic (exact) mass is 349 g/mol. The molecule has 5 nitrogen and oxygen atoms in total. The Kier molecular flexibility index (Phi) is 6.40. The molecule has 6 heteroatoms. The number of hydrogen-bond acceptors (Lipinski definition) is 3. The molecule has 2 aliphatic heterocycles. The molecule has 2 aliphatic rings. The van der Waals surface area contributed by atoms with Crippen LogP contribution in [-0.4, -0.2) is 35.8 Å². The first-order chi connectivity index (χ1) is 11.1. The summed E-state index contributed by atoms with van der Waals surface area (Å²) in [5.41, 5.74) is 2.11. The first-order valence-corrected chi connectivity index (χ1v) is 8.21. The molecule has 0 radical (unpaired) electrons. The summed E-state index contributed by atoms with van der Waals surface area (Å²) < 4.78 is 0. The van der Waals surface area contributed by atoms with Gasteiger partial charge < -0.3 is 15.5 Å². The van der Waals surface area contributed by atoms with Gasteiger partial charge in [0.25, 0.3) is 0 Å². The van der Waals surface area contributed by atoms with Gasteiger partial charge in [-0.25, -0.2) is 0 Å². The minimum atomic E-state index is -0.226. The molecule has 0 aromatic heterocycles. The fourth-order valence-electron chi connectivity index (χ4n) is 3.34. The Morgan fingerprint density at radius 1 is 1.25 bits per heavy atom. The number of rotatable bonds is 3. The van der Waals surface area contributed by atoms with E-state index in [-0.39, 0.29) is 36.3 Å². The third-order valence-corrected chi connectivity index (χ3v) is 4.55. The first kappa shape index (κ1) is 18.5. The lowest BCUT2D eigenvalue weighted by atomic mass is 9.93. The smallest absolute Gasteiger partial charge is 0.223 e. The van der Waals surface area contributed by atoms with Crippen LogP contribution >= 0.6 is 12.4 Å². The largest absolute Gasteiger partial charge is 0.353 e. The molecule has 0 bridgehead atoms. The third-order valence-electron chi connectivity index (χ3n) is 4.55. The normalized spacial score (nSPS) is 20.0. The highest BCUT2D eigenvalue weighted by molar-refractivity contribution is 5.85. The Hall–Kier alpha value is -1.85. The second-order valence-electron chi connectivity index (χ2n) is 6.18. The number of piperidine rings is 1. The summed E-state index contributed by atoms with van der Waals surface area (Å²) in [5, 5.41) is 6.41. The lowest BCUT2D eigenvalue weighted by molar-refractivity contribution is -0.130. The van der Waals surface area contributed by atoms with Crippen LogP contribution < -0.4 is 10.6 Å². The van der Waals surface area contributed by atoms with E-state index in [1.54, 1.807) is 11.1 Å². The van der Waals surface area contributed by atoms with E-state index in [9.17, 15) is 9.59 Å². The molecule has 0 spiro atoms. The standard InChI is InChI=1S/C18H23N3O2.ClH/c1-13(22)21-11-8-14-4-2-3-5-16(14)17(21)12-18(23)20-15-6-9-19-10-7-15;/h2-5,8,11,15,17,19H,6-7,9-10,12H2,1H3,(H,20,23);1H. The zero-order chi connectivity index (χ0) is 16.2. The molecular weight excluding hydrogens is 326 g/mol. The van der Waals surface area contributed by atoms with E-state index >= 15 is 0 Å². The van der Waals surface area contributed by atoms with Crippen molar-refractivity contribution in [3.05, 3.63) is 41.6 Å². The summed E-state index contributed by atoms with van der Waals surface area (Å²) in [6.07, 6.45) is 5.93. The molecule has 3 rings (SSSR count). The summed E-state index contributed by atoms with van der Waals surface area (Å²) in [6, 6.07) is 7.95. The van der Waals surface area contributed by atoms with Crippen LogP contribution in [0.25, 0.3) is 6.08 Å². The molecule has 1 saturated heterocycles. The third kappa shape index (κ3) is 4.16. The minimum Gasteiger partial charge on any atom is -0.353 e. The van der Waals surface area contributed by atoms with Crippen molar-refractivity contribution in [2.45, 2.75) is 38.3 Å².